The first-order valence-corrected chi connectivity index (χ1v) is 6.78. The van der Waals surface area contributed by atoms with E-state index in [-0.39, 0.29) is 5.91 Å². The largest absolute Gasteiger partial charge is 0.381 e. The lowest BCUT2D eigenvalue weighted by atomic mass is 9.74. The third-order valence-corrected chi connectivity index (χ3v) is 4.28. The zero-order valence-electron chi connectivity index (χ0n) is 12.5. The molecule has 1 fully saturated rings. The average molecular weight is 256 g/mol. The second kappa shape index (κ2) is 5.57. The summed E-state index contributed by atoms with van der Waals surface area (Å²) in [7, 11) is 1.87. The van der Waals surface area contributed by atoms with Gasteiger partial charge in [0.2, 0.25) is 5.91 Å². The van der Waals surface area contributed by atoms with Crippen LogP contribution in [-0.2, 0) is 9.53 Å². The average Bonchev–Trinajstić information content (AvgIpc) is 2.27. The standard InChI is InChI=1S/C14H28N2O2/c1-13(2,14(3,4)15)12(17)16(5)9-11-7-6-8-18-10-11/h11H,6-10,15H2,1-5H3. The van der Waals surface area contributed by atoms with Crippen molar-refractivity contribution in [2.24, 2.45) is 17.1 Å². The van der Waals surface area contributed by atoms with Crippen molar-refractivity contribution < 1.29 is 9.53 Å². The molecule has 0 spiro atoms. The van der Waals surface area contributed by atoms with E-state index in [1.807, 2.05) is 39.6 Å². The van der Waals surface area contributed by atoms with Crippen LogP contribution >= 0.6 is 0 Å². The zero-order valence-corrected chi connectivity index (χ0v) is 12.5. The van der Waals surface area contributed by atoms with Gasteiger partial charge in [0.25, 0.3) is 0 Å². The molecule has 1 heterocycles. The predicted molar refractivity (Wildman–Crippen MR) is 73.2 cm³/mol. The van der Waals surface area contributed by atoms with Gasteiger partial charge in [0.05, 0.1) is 12.0 Å². The molecule has 0 aromatic heterocycles. The fourth-order valence-corrected chi connectivity index (χ4v) is 2.17. The Bertz CT molecular complexity index is 289. The first-order valence-electron chi connectivity index (χ1n) is 6.78. The quantitative estimate of drug-likeness (QED) is 0.832. The lowest BCUT2D eigenvalue weighted by Gasteiger charge is -2.40. The van der Waals surface area contributed by atoms with Crippen LogP contribution in [0.3, 0.4) is 0 Å². The minimum atomic E-state index is -0.558. The van der Waals surface area contributed by atoms with Crippen molar-refractivity contribution in [1.82, 2.24) is 4.90 Å². The topological polar surface area (TPSA) is 55.6 Å². The summed E-state index contributed by atoms with van der Waals surface area (Å²) in [6, 6.07) is 0. The summed E-state index contributed by atoms with van der Waals surface area (Å²) in [4.78, 5) is 14.3. The highest BCUT2D eigenvalue weighted by atomic mass is 16.5. The molecule has 1 amide bonds. The van der Waals surface area contributed by atoms with E-state index in [9.17, 15) is 4.79 Å². The highest BCUT2D eigenvalue weighted by molar-refractivity contribution is 5.83. The first kappa shape index (κ1) is 15.4. The van der Waals surface area contributed by atoms with Gasteiger partial charge in [-0.3, -0.25) is 4.79 Å². The third-order valence-electron chi connectivity index (χ3n) is 4.28. The molecular formula is C14H28N2O2. The Labute approximate surface area is 111 Å². The summed E-state index contributed by atoms with van der Waals surface area (Å²) >= 11 is 0. The Balaban J connectivity index is 2.60. The maximum atomic E-state index is 12.5. The van der Waals surface area contributed by atoms with Gasteiger partial charge in [-0.05, 0) is 46.5 Å². The highest BCUT2D eigenvalue weighted by Crippen LogP contribution is 2.30. The first-order chi connectivity index (χ1) is 8.16. The Morgan fingerprint density at radius 3 is 2.44 bits per heavy atom. The third kappa shape index (κ3) is 3.45. The minimum absolute atomic E-state index is 0.112. The van der Waals surface area contributed by atoms with Crippen molar-refractivity contribution >= 4 is 5.91 Å². The summed E-state index contributed by atoms with van der Waals surface area (Å²) in [6.07, 6.45) is 2.24. The van der Waals surface area contributed by atoms with Crippen LogP contribution in [0.1, 0.15) is 40.5 Å². The van der Waals surface area contributed by atoms with Crippen molar-refractivity contribution in [3.63, 3.8) is 0 Å². The van der Waals surface area contributed by atoms with Gasteiger partial charge in [0.1, 0.15) is 0 Å². The Hall–Kier alpha value is -0.610. The molecule has 0 bridgehead atoms. The van der Waals surface area contributed by atoms with E-state index in [1.54, 1.807) is 0 Å². The number of ether oxygens (including phenoxy) is 1. The van der Waals surface area contributed by atoms with Crippen LogP contribution in [0.4, 0.5) is 0 Å². The summed E-state index contributed by atoms with van der Waals surface area (Å²) in [5.41, 5.74) is 5.03. The predicted octanol–water partition coefficient (Wildman–Crippen LogP) is 1.63. The smallest absolute Gasteiger partial charge is 0.229 e. The molecule has 1 aliphatic rings. The zero-order chi connectivity index (χ0) is 14.0. The molecule has 1 saturated heterocycles. The number of carbonyl (C=O) groups is 1. The van der Waals surface area contributed by atoms with Crippen molar-refractivity contribution in [3.05, 3.63) is 0 Å². The molecule has 1 unspecified atom stereocenters. The molecule has 18 heavy (non-hydrogen) atoms. The van der Waals surface area contributed by atoms with Crippen LogP contribution in [0.15, 0.2) is 0 Å². The van der Waals surface area contributed by atoms with Gasteiger partial charge >= 0.3 is 0 Å². The molecular weight excluding hydrogens is 228 g/mol. The van der Waals surface area contributed by atoms with Crippen LogP contribution in [0.5, 0.6) is 0 Å². The normalized spacial score (nSPS) is 21.8. The lowest BCUT2D eigenvalue weighted by Crippen LogP contribution is -2.56. The van der Waals surface area contributed by atoms with E-state index in [1.165, 1.54) is 0 Å². The van der Waals surface area contributed by atoms with E-state index in [2.05, 4.69) is 0 Å². The molecule has 0 aromatic carbocycles. The number of nitrogens with two attached hydrogens (primary N) is 1. The van der Waals surface area contributed by atoms with Crippen molar-refractivity contribution in [2.45, 2.75) is 46.1 Å². The number of nitrogens with zero attached hydrogens (tertiary/aromatic N) is 1. The van der Waals surface area contributed by atoms with Gasteiger partial charge in [0, 0.05) is 25.7 Å². The highest BCUT2D eigenvalue weighted by Gasteiger charge is 2.42. The van der Waals surface area contributed by atoms with E-state index in [4.69, 9.17) is 10.5 Å². The second-order valence-electron chi connectivity index (χ2n) is 6.62. The van der Waals surface area contributed by atoms with Crippen LogP contribution in [-0.4, -0.2) is 43.2 Å². The molecule has 4 nitrogen and oxygen atoms in total. The van der Waals surface area contributed by atoms with Crippen LogP contribution in [0.2, 0.25) is 0 Å². The maximum absolute atomic E-state index is 12.5. The summed E-state index contributed by atoms with van der Waals surface area (Å²) in [5.74, 6) is 0.574. The summed E-state index contributed by atoms with van der Waals surface area (Å²) in [5, 5.41) is 0. The number of rotatable bonds is 4. The van der Waals surface area contributed by atoms with Crippen molar-refractivity contribution in [3.8, 4) is 0 Å². The van der Waals surface area contributed by atoms with Crippen LogP contribution in [0.25, 0.3) is 0 Å². The monoisotopic (exact) mass is 256 g/mol. The van der Waals surface area contributed by atoms with E-state index < -0.39 is 11.0 Å². The SMILES string of the molecule is CN(CC1CCCOC1)C(=O)C(C)(C)C(C)(C)N. The second-order valence-corrected chi connectivity index (χ2v) is 6.62. The number of amides is 1. The van der Waals surface area contributed by atoms with Gasteiger partial charge in [-0.25, -0.2) is 0 Å². The molecule has 0 aromatic rings. The number of hydrogen-bond acceptors (Lipinski definition) is 3. The molecule has 0 saturated carbocycles. The van der Waals surface area contributed by atoms with Gasteiger partial charge < -0.3 is 15.4 Å². The van der Waals surface area contributed by atoms with Gasteiger partial charge in [-0.1, -0.05) is 0 Å². The van der Waals surface area contributed by atoms with Gasteiger partial charge in [-0.2, -0.15) is 0 Å². The minimum Gasteiger partial charge on any atom is -0.381 e. The van der Waals surface area contributed by atoms with E-state index in [0.717, 1.165) is 32.6 Å². The number of hydrogen-bond donors (Lipinski definition) is 1. The summed E-state index contributed by atoms with van der Waals surface area (Å²) < 4.78 is 5.45. The van der Waals surface area contributed by atoms with E-state index in [0.29, 0.717) is 5.92 Å². The molecule has 106 valence electrons. The fraction of sp³-hybridized carbons (Fsp3) is 0.929. The molecule has 0 aliphatic carbocycles. The van der Waals surface area contributed by atoms with Gasteiger partial charge in [-0.15, -0.1) is 0 Å². The van der Waals surface area contributed by atoms with Crippen molar-refractivity contribution in [2.75, 3.05) is 26.8 Å². The lowest BCUT2D eigenvalue weighted by molar-refractivity contribution is -0.143. The molecule has 4 heteroatoms. The molecule has 0 radical (unpaired) electrons. The molecule has 2 N–H and O–H groups in total. The van der Waals surface area contributed by atoms with Crippen LogP contribution in [0, 0.1) is 11.3 Å². The molecule has 1 rings (SSSR count). The van der Waals surface area contributed by atoms with Crippen molar-refractivity contribution in [1.29, 1.82) is 0 Å². The van der Waals surface area contributed by atoms with E-state index >= 15 is 0 Å². The Kier molecular flexibility index (Phi) is 4.78. The number of carbonyl (C=O) groups excluding carboxylic acids is 1. The van der Waals surface area contributed by atoms with Crippen LogP contribution < -0.4 is 5.73 Å². The summed E-state index contributed by atoms with van der Waals surface area (Å²) in [6.45, 7) is 10.0. The Morgan fingerprint density at radius 1 is 1.39 bits per heavy atom. The van der Waals surface area contributed by atoms with Gasteiger partial charge in [0.15, 0.2) is 0 Å². The molecule has 1 atom stereocenters. The maximum Gasteiger partial charge on any atom is 0.229 e. The molecule has 1 aliphatic heterocycles. The fourth-order valence-electron chi connectivity index (χ4n) is 2.17. The Morgan fingerprint density at radius 2 is 2.00 bits per heavy atom.